The number of pyridine rings is 1. The van der Waals surface area contributed by atoms with Crippen LogP contribution in [0.3, 0.4) is 0 Å². The number of ether oxygens (including phenoxy) is 2. The monoisotopic (exact) mass is 1140 g/mol. The van der Waals surface area contributed by atoms with Gasteiger partial charge < -0.3 is 18.3 Å². The molecular formula is C51H34Cl3N5O12S4. The summed E-state index contributed by atoms with van der Waals surface area (Å²) in [6.07, 6.45) is 1.55. The van der Waals surface area contributed by atoms with E-state index in [1.807, 2.05) is 0 Å². The summed E-state index contributed by atoms with van der Waals surface area (Å²) in [4.78, 5) is 3.70. The molecule has 0 aliphatic rings. The number of nitrogens with one attached hydrogen (secondary N) is 4. The van der Waals surface area contributed by atoms with E-state index < -0.39 is 50.3 Å². The zero-order chi connectivity index (χ0) is 52.7. The maximum absolute atomic E-state index is 14.5. The van der Waals surface area contributed by atoms with E-state index in [1.54, 1.807) is 79.0 Å². The van der Waals surface area contributed by atoms with Gasteiger partial charge in [0.1, 0.15) is 28.4 Å². The SMILES string of the molecule is O=S(=O)(Nc1ccc(Cl)cc1NS(=O)(=O)c1cc2ccccc2o1)c1ccc(Oc2cc(-c3c(S(=O)(=O)Nc4cc(Cl)ccc4NS(=O)(=O)c4ccc(Oc5ccccn5)cc4)oc4ccccc34)ccc2Cl)cc1. The molecule has 7 aromatic carbocycles. The highest BCUT2D eigenvalue weighted by Gasteiger charge is 2.30. The molecular weight excluding hydrogens is 1110 g/mol. The largest absolute Gasteiger partial charge is 0.456 e. The van der Waals surface area contributed by atoms with Crippen LogP contribution >= 0.6 is 34.8 Å². The highest BCUT2D eigenvalue weighted by molar-refractivity contribution is 7.93. The minimum atomic E-state index is -4.72. The predicted octanol–water partition coefficient (Wildman–Crippen LogP) is 13.0. The second kappa shape index (κ2) is 20.2. The summed E-state index contributed by atoms with van der Waals surface area (Å²) in [7, 11) is -17.8. The highest BCUT2D eigenvalue weighted by Crippen LogP contribution is 2.43. The van der Waals surface area contributed by atoms with Gasteiger partial charge in [0.2, 0.25) is 16.1 Å². The van der Waals surface area contributed by atoms with Crippen molar-refractivity contribution in [3.05, 3.63) is 197 Å². The molecule has 0 spiro atoms. The van der Waals surface area contributed by atoms with Crippen molar-refractivity contribution in [3.8, 4) is 34.3 Å². The normalized spacial score (nSPS) is 12.1. The first-order chi connectivity index (χ1) is 35.8. The van der Waals surface area contributed by atoms with E-state index in [9.17, 15) is 33.7 Å². The fourth-order valence-electron chi connectivity index (χ4n) is 7.51. The van der Waals surface area contributed by atoms with E-state index in [1.165, 1.54) is 103 Å². The van der Waals surface area contributed by atoms with Crippen LogP contribution in [0.1, 0.15) is 0 Å². The standard InChI is InChI=1S/C51H34Cl3N5O12S4/c52-33-13-24-41(43(29-33)58-74(64,65)49-28-31-7-1-3-9-45(31)70-49)56-72(60,61)37-19-15-35(16-20-37)68-47-27-32(12-23-40(47)54)50-39-8-2-4-10-46(39)71-51(50)75(66,67)59-44-30-34(53)14-25-42(44)57-73(62,63)38-21-17-36(18-22-38)69-48-11-5-6-26-55-48/h1-30,56-59H. The Labute approximate surface area is 443 Å². The van der Waals surface area contributed by atoms with E-state index in [0.29, 0.717) is 28.0 Å². The summed E-state index contributed by atoms with van der Waals surface area (Å²) in [6, 6.07) is 42.6. The average molecular weight is 1140 g/mol. The molecule has 0 unspecified atom stereocenters. The first kappa shape index (κ1) is 50.8. The van der Waals surface area contributed by atoms with Crippen molar-refractivity contribution in [1.29, 1.82) is 0 Å². The number of hydrogen-bond donors (Lipinski definition) is 4. The number of aromatic nitrogens is 1. The Balaban J connectivity index is 0.886. The van der Waals surface area contributed by atoms with Crippen LogP contribution in [-0.4, -0.2) is 38.7 Å². The third-order valence-corrected chi connectivity index (χ3v) is 17.0. The molecule has 0 fully saturated rings. The molecule has 10 aromatic rings. The maximum Gasteiger partial charge on any atom is 0.296 e. The molecule has 0 saturated carbocycles. The quantitative estimate of drug-likeness (QED) is 0.0664. The zero-order valence-electron chi connectivity index (χ0n) is 37.9. The minimum Gasteiger partial charge on any atom is -0.456 e. The number of sulfonamides is 4. The number of fused-ring (bicyclic) bond motifs is 2. The second-order valence-electron chi connectivity index (χ2n) is 16.1. The Hall–Kier alpha value is -7.76. The zero-order valence-corrected chi connectivity index (χ0v) is 43.5. The molecule has 0 amide bonds. The number of benzene rings is 7. The molecule has 4 N–H and O–H groups in total. The summed E-state index contributed by atoms with van der Waals surface area (Å²) in [5, 5.41) is 0.250. The Morgan fingerprint density at radius 2 is 1.00 bits per heavy atom. The van der Waals surface area contributed by atoms with Crippen LogP contribution in [0.4, 0.5) is 22.7 Å². The Kier molecular flexibility index (Phi) is 13.6. The van der Waals surface area contributed by atoms with Crippen molar-refractivity contribution in [2.75, 3.05) is 18.9 Å². The third kappa shape index (κ3) is 11.1. The highest BCUT2D eigenvalue weighted by atomic mass is 35.5. The Bertz CT molecular complexity index is 4270. The number of para-hydroxylation sites is 2. The molecule has 380 valence electrons. The van der Waals surface area contributed by atoms with Crippen LogP contribution < -0.4 is 28.4 Å². The van der Waals surface area contributed by atoms with Gasteiger partial charge in [-0.25, -0.2) is 21.8 Å². The number of nitrogens with zero attached hydrogens (tertiary/aromatic N) is 1. The van der Waals surface area contributed by atoms with Gasteiger partial charge in [0.05, 0.1) is 37.6 Å². The Morgan fingerprint density at radius 1 is 0.453 bits per heavy atom. The van der Waals surface area contributed by atoms with Gasteiger partial charge in [-0.2, -0.15) is 16.8 Å². The molecule has 3 aromatic heterocycles. The molecule has 0 bridgehead atoms. The summed E-state index contributed by atoms with van der Waals surface area (Å²) in [6.45, 7) is 0. The molecule has 75 heavy (non-hydrogen) atoms. The molecule has 0 atom stereocenters. The van der Waals surface area contributed by atoms with Gasteiger partial charge in [0.25, 0.3) is 40.1 Å². The topological polar surface area (TPSA) is 242 Å². The number of furan rings is 2. The van der Waals surface area contributed by atoms with Gasteiger partial charge in [-0.1, -0.05) is 83.3 Å². The number of halogens is 3. The van der Waals surface area contributed by atoms with E-state index in [0.717, 1.165) is 0 Å². The molecule has 24 heteroatoms. The van der Waals surface area contributed by atoms with E-state index in [4.69, 9.17) is 53.1 Å². The lowest BCUT2D eigenvalue weighted by Gasteiger charge is -2.16. The summed E-state index contributed by atoms with van der Waals surface area (Å²) >= 11 is 19.2. The van der Waals surface area contributed by atoms with E-state index >= 15 is 0 Å². The molecule has 10 rings (SSSR count). The lowest BCUT2D eigenvalue weighted by atomic mass is 10.0. The first-order valence-electron chi connectivity index (χ1n) is 21.8. The summed E-state index contributed by atoms with van der Waals surface area (Å²) < 4.78 is 144. The first-order valence-corrected chi connectivity index (χ1v) is 28.8. The van der Waals surface area contributed by atoms with Gasteiger partial charge >= 0.3 is 0 Å². The van der Waals surface area contributed by atoms with Crippen LogP contribution in [0.15, 0.2) is 211 Å². The fraction of sp³-hybridized carbons (Fsp3) is 0. The number of rotatable bonds is 17. The summed E-state index contributed by atoms with van der Waals surface area (Å²) in [5.74, 6) is 0.784. The second-order valence-corrected chi connectivity index (χ2v) is 24.0. The molecule has 3 heterocycles. The van der Waals surface area contributed by atoms with Crippen molar-refractivity contribution < 1.29 is 52.0 Å². The van der Waals surface area contributed by atoms with E-state index in [2.05, 4.69) is 23.9 Å². The van der Waals surface area contributed by atoms with Gasteiger partial charge in [-0.15, -0.1) is 0 Å². The molecule has 0 aliphatic carbocycles. The van der Waals surface area contributed by atoms with Crippen molar-refractivity contribution >= 4 is 120 Å². The third-order valence-electron chi connectivity index (χ3n) is 11.0. The van der Waals surface area contributed by atoms with Crippen LogP contribution in [0.25, 0.3) is 33.1 Å². The smallest absolute Gasteiger partial charge is 0.296 e. The molecule has 17 nitrogen and oxygen atoms in total. The predicted molar refractivity (Wildman–Crippen MR) is 286 cm³/mol. The maximum atomic E-state index is 14.5. The van der Waals surface area contributed by atoms with Crippen LogP contribution in [-0.2, 0) is 40.1 Å². The van der Waals surface area contributed by atoms with Crippen LogP contribution in [0.5, 0.6) is 23.1 Å². The minimum absolute atomic E-state index is 0.0369. The van der Waals surface area contributed by atoms with Gasteiger partial charge in [-0.3, -0.25) is 18.9 Å². The molecule has 0 radical (unpaired) electrons. The number of hydrogen-bond acceptors (Lipinski definition) is 13. The Morgan fingerprint density at radius 3 is 1.60 bits per heavy atom. The van der Waals surface area contributed by atoms with Crippen molar-refractivity contribution in [2.45, 2.75) is 20.0 Å². The number of anilines is 4. The van der Waals surface area contributed by atoms with Crippen LogP contribution in [0, 0.1) is 0 Å². The fourth-order valence-corrected chi connectivity index (χ4v) is 12.5. The average Bonchev–Trinajstić information content (AvgIpc) is 4.02. The van der Waals surface area contributed by atoms with E-state index in [-0.39, 0.29) is 75.8 Å². The van der Waals surface area contributed by atoms with Gasteiger partial charge in [-0.05, 0) is 121 Å². The van der Waals surface area contributed by atoms with Crippen LogP contribution in [0.2, 0.25) is 15.1 Å². The van der Waals surface area contributed by atoms with Crippen molar-refractivity contribution in [3.63, 3.8) is 0 Å². The summed E-state index contributed by atoms with van der Waals surface area (Å²) in [5.41, 5.74) is 0.156. The van der Waals surface area contributed by atoms with Crippen molar-refractivity contribution in [2.24, 2.45) is 0 Å². The van der Waals surface area contributed by atoms with Gasteiger partial charge in [0.15, 0.2) is 0 Å². The lowest BCUT2D eigenvalue weighted by Crippen LogP contribution is -2.17. The lowest BCUT2D eigenvalue weighted by molar-refractivity contribution is 0.462. The van der Waals surface area contributed by atoms with Gasteiger partial charge in [0, 0.05) is 44.7 Å². The van der Waals surface area contributed by atoms with Crippen molar-refractivity contribution in [1.82, 2.24) is 4.98 Å². The molecule has 0 saturated heterocycles. The molecule has 0 aliphatic heterocycles.